The lowest BCUT2D eigenvalue weighted by Gasteiger charge is -2.11. The number of hydrogen-bond donors (Lipinski definition) is 0. The Morgan fingerprint density at radius 2 is 2.11 bits per heavy atom. The zero-order chi connectivity index (χ0) is 14.3. The average molecular weight is 314 g/mol. The van der Waals surface area contributed by atoms with Crippen LogP contribution < -0.4 is 0 Å². The first kappa shape index (κ1) is 16.2. The van der Waals surface area contributed by atoms with Crippen LogP contribution in [0.1, 0.15) is 12.0 Å². The van der Waals surface area contributed by atoms with Crippen molar-refractivity contribution >= 4 is 51.8 Å². The van der Waals surface area contributed by atoms with Gasteiger partial charge in [0.2, 0.25) is 0 Å². The fourth-order valence-corrected chi connectivity index (χ4v) is 2.43. The zero-order valence-corrected chi connectivity index (χ0v) is 13.3. The van der Waals surface area contributed by atoms with Gasteiger partial charge in [-0.3, -0.25) is 4.79 Å². The van der Waals surface area contributed by atoms with E-state index in [9.17, 15) is 4.79 Å². The SMILES string of the molecule is CN(C)C(=S)SCCC(=O)/C=C/c1ccccc1Cl. The number of thiocarbonyl (C=S) groups is 1. The van der Waals surface area contributed by atoms with Crippen LogP contribution in [0.15, 0.2) is 30.3 Å². The number of carbonyl (C=O) groups is 1. The minimum atomic E-state index is 0.0778. The van der Waals surface area contributed by atoms with E-state index in [4.69, 9.17) is 23.8 Å². The van der Waals surface area contributed by atoms with Crippen LogP contribution in [0.4, 0.5) is 0 Å². The molecule has 0 aliphatic rings. The van der Waals surface area contributed by atoms with E-state index in [2.05, 4.69) is 0 Å². The summed E-state index contributed by atoms with van der Waals surface area (Å²) in [6, 6.07) is 7.43. The number of thioether (sulfide) groups is 1. The van der Waals surface area contributed by atoms with Gasteiger partial charge in [0, 0.05) is 31.3 Å². The summed E-state index contributed by atoms with van der Waals surface area (Å²) in [5.74, 6) is 0.775. The van der Waals surface area contributed by atoms with Crippen LogP contribution in [0.3, 0.4) is 0 Å². The smallest absolute Gasteiger partial charge is 0.156 e. The molecular weight excluding hydrogens is 298 g/mol. The largest absolute Gasteiger partial charge is 0.364 e. The molecule has 102 valence electrons. The van der Waals surface area contributed by atoms with Gasteiger partial charge >= 0.3 is 0 Å². The lowest BCUT2D eigenvalue weighted by atomic mass is 10.2. The first-order chi connectivity index (χ1) is 9.00. The number of carbonyl (C=O) groups excluding carboxylic acids is 1. The first-order valence-electron chi connectivity index (χ1n) is 5.80. The highest BCUT2D eigenvalue weighted by molar-refractivity contribution is 8.22. The van der Waals surface area contributed by atoms with Crippen molar-refractivity contribution in [3.8, 4) is 0 Å². The van der Waals surface area contributed by atoms with E-state index in [1.165, 1.54) is 11.8 Å². The van der Waals surface area contributed by atoms with Gasteiger partial charge in [0.15, 0.2) is 5.78 Å². The van der Waals surface area contributed by atoms with Crippen LogP contribution in [0, 0.1) is 0 Å². The third-order valence-electron chi connectivity index (χ3n) is 2.29. The summed E-state index contributed by atoms with van der Waals surface area (Å²) in [5.41, 5.74) is 0.856. The van der Waals surface area contributed by atoms with Crippen molar-refractivity contribution in [2.45, 2.75) is 6.42 Å². The summed E-state index contributed by atoms with van der Waals surface area (Å²) < 4.78 is 0.794. The molecule has 0 aromatic heterocycles. The molecule has 19 heavy (non-hydrogen) atoms. The molecule has 0 unspecified atom stereocenters. The molecule has 1 rings (SSSR count). The zero-order valence-electron chi connectivity index (χ0n) is 10.9. The van der Waals surface area contributed by atoms with Crippen molar-refractivity contribution < 1.29 is 4.79 Å². The first-order valence-corrected chi connectivity index (χ1v) is 7.57. The van der Waals surface area contributed by atoms with E-state index >= 15 is 0 Å². The van der Waals surface area contributed by atoms with Crippen molar-refractivity contribution in [3.05, 3.63) is 40.9 Å². The number of benzene rings is 1. The molecule has 0 radical (unpaired) electrons. The van der Waals surface area contributed by atoms with Gasteiger partial charge in [-0.2, -0.15) is 0 Å². The van der Waals surface area contributed by atoms with E-state index in [0.717, 1.165) is 9.88 Å². The number of ketones is 1. The van der Waals surface area contributed by atoms with E-state index in [-0.39, 0.29) is 5.78 Å². The van der Waals surface area contributed by atoms with Gasteiger partial charge in [-0.05, 0) is 23.8 Å². The molecule has 0 aliphatic heterocycles. The lowest BCUT2D eigenvalue weighted by Crippen LogP contribution is -2.16. The Bertz CT molecular complexity index is 486. The molecule has 0 spiro atoms. The molecule has 0 atom stereocenters. The molecule has 0 heterocycles. The topological polar surface area (TPSA) is 20.3 Å². The Labute approximate surface area is 128 Å². The van der Waals surface area contributed by atoms with Gasteiger partial charge in [0.05, 0.1) is 0 Å². The molecule has 0 fully saturated rings. The number of allylic oxidation sites excluding steroid dienone is 1. The normalized spacial score (nSPS) is 10.7. The predicted molar refractivity (Wildman–Crippen MR) is 88.9 cm³/mol. The summed E-state index contributed by atoms with van der Waals surface area (Å²) in [7, 11) is 3.79. The van der Waals surface area contributed by atoms with Crippen LogP contribution in [0.2, 0.25) is 5.02 Å². The molecule has 0 amide bonds. The Morgan fingerprint density at radius 3 is 2.74 bits per heavy atom. The highest BCUT2D eigenvalue weighted by Gasteiger charge is 2.02. The van der Waals surface area contributed by atoms with Gasteiger partial charge in [-0.1, -0.05) is 53.8 Å². The Balaban J connectivity index is 2.40. The summed E-state index contributed by atoms with van der Waals surface area (Å²) in [4.78, 5) is 13.5. The van der Waals surface area contributed by atoms with E-state index in [0.29, 0.717) is 17.2 Å². The van der Waals surface area contributed by atoms with Crippen molar-refractivity contribution in [1.82, 2.24) is 4.90 Å². The third-order valence-corrected chi connectivity index (χ3v) is 4.38. The predicted octanol–water partition coefficient (Wildman–Crippen LogP) is 3.89. The Kier molecular flexibility index (Phi) is 7.13. The molecule has 2 nitrogen and oxygen atoms in total. The summed E-state index contributed by atoms with van der Waals surface area (Å²) in [6.45, 7) is 0. The third kappa shape index (κ3) is 6.23. The highest BCUT2D eigenvalue weighted by Crippen LogP contribution is 2.16. The monoisotopic (exact) mass is 313 g/mol. The lowest BCUT2D eigenvalue weighted by molar-refractivity contribution is -0.114. The summed E-state index contributed by atoms with van der Waals surface area (Å²) in [6.07, 6.45) is 3.79. The summed E-state index contributed by atoms with van der Waals surface area (Å²) >= 11 is 12.6. The molecule has 0 N–H and O–H groups in total. The van der Waals surface area contributed by atoms with Crippen LogP contribution in [-0.4, -0.2) is 34.9 Å². The van der Waals surface area contributed by atoms with Gasteiger partial charge in [0.25, 0.3) is 0 Å². The van der Waals surface area contributed by atoms with Crippen LogP contribution >= 0.6 is 35.6 Å². The Morgan fingerprint density at radius 1 is 1.42 bits per heavy atom. The maximum absolute atomic E-state index is 11.7. The molecule has 0 aliphatic carbocycles. The van der Waals surface area contributed by atoms with Crippen molar-refractivity contribution in [2.75, 3.05) is 19.8 Å². The standard InChI is InChI=1S/C14H16ClNOS2/c1-16(2)14(18)19-10-9-12(17)8-7-11-5-3-4-6-13(11)15/h3-8H,9-10H2,1-2H3/b8-7+. The second-order valence-corrected chi connectivity index (χ2v) is 6.22. The van der Waals surface area contributed by atoms with Crippen molar-refractivity contribution in [2.24, 2.45) is 0 Å². The highest BCUT2D eigenvalue weighted by atomic mass is 35.5. The maximum atomic E-state index is 11.7. The summed E-state index contributed by atoms with van der Waals surface area (Å²) in [5, 5.41) is 0.648. The van der Waals surface area contributed by atoms with Gasteiger partial charge < -0.3 is 4.90 Å². The average Bonchev–Trinajstić information content (AvgIpc) is 2.37. The fourth-order valence-electron chi connectivity index (χ4n) is 1.24. The second kappa shape index (κ2) is 8.35. The van der Waals surface area contributed by atoms with Crippen molar-refractivity contribution in [1.29, 1.82) is 0 Å². The minimum Gasteiger partial charge on any atom is -0.364 e. The molecule has 1 aromatic carbocycles. The molecule has 1 aromatic rings. The van der Waals surface area contributed by atoms with Crippen LogP contribution in [0.25, 0.3) is 6.08 Å². The van der Waals surface area contributed by atoms with Gasteiger partial charge in [0.1, 0.15) is 4.32 Å². The molecule has 0 bridgehead atoms. The second-order valence-electron chi connectivity index (χ2n) is 4.08. The Hall–Kier alpha value is -0.840. The van der Waals surface area contributed by atoms with Crippen LogP contribution in [0.5, 0.6) is 0 Å². The number of halogens is 1. The maximum Gasteiger partial charge on any atom is 0.156 e. The van der Waals surface area contributed by atoms with Gasteiger partial charge in [-0.15, -0.1) is 0 Å². The van der Waals surface area contributed by atoms with E-state index in [1.807, 2.05) is 37.2 Å². The molecular formula is C14H16ClNOS2. The van der Waals surface area contributed by atoms with Crippen molar-refractivity contribution in [3.63, 3.8) is 0 Å². The number of nitrogens with zero attached hydrogens (tertiary/aromatic N) is 1. The molecule has 0 saturated heterocycles. The minimum absolute atomic E-state index is 0.0778. The van der Waals surface area contributed by atoms with E-state index < -0.39 is 0 Å². The quantitative estimate of drug-likeness (QED) is 0.607. The van der Waals surface area contributed by atoms with E-state index in [1.54, 1.807) is 18.2 Å². The van der Waals surface area contributed by atoms with Gasteiger partial charge in [-0.25, -0.2) is 0 Å². The number of rotatable bonds is 5. The fraction of sp³-hybridized carbons (Fsp3) is 0.286. The molecule has 0 saturated carbocycles. The van der Waals surface area contributed by atoms with Crippen LogP contribution in [-0.2, 0) is 4.79 Å². The molecule has 5 heteroatoms. The number of hydrogen-bond acceptors (Lipinski definition) is 3.